The van der Waals surface area contributed by atoms with Crippen LogP contribution < -0.4 is 0 Å². The van der Waals surface area contributed by atoms with Gasteiger partial charge in [-0.15, -0.1) is 0 Å². The van der Waals surface area contributed by atoms with Gasteiger partial charge >= 0.3 is 120 Å². The van der Waals surface area contributed by atoms with Gasteiger partial charge in [0, 0.05) is 0 Å². The first-order valence-corrected chi connectivity index (χ1v) is 8.73. The van der Waals surface area contributed by atoms with Crippen LogP contribution in [-0.4, -0.2) is 25.2 Å². The molecule has 0 spiro atoms. The zero-order valence-corrected chi connectivity index (χ0v) is 12.4. The van der Waals surface area contributed by atoms with Crippen molar-refractivity contribution in [1.82, 2.24) is 0 Å². The van der Waals surface area contributed by atoms with Crippen molar-refractivity contribution in [2.75, 3.05) is 0 Å². The van der Waals surface area contributed by atoms with Gasteiger partial charge in [0.25, 0.3) is 0 Å². The average Bonchev–Trinajstić information content (AvgIpc) is 2.49. The van der Waals surface area contributed by atoms with Crippen molar-refractivity contribution in [2.45, 2.75) is 22.8 Å². The van der Waals surface area contributed by atoms with E-state index in [0.29, 0.717) is 0 Å². The molecule has 0 heterocycles. The molecule has 2 rings (SSSR count). The van der Waals surface area contributed by atoms with Crippen LogP contribution in [0.25, 0.3) is 0 Å². The SMILES string of the molecule is O[C@H](C[Se]C[C@@H](O)c1ccccc1)c1ccccc1. The van der Waals surface area contributed by atoms with Crippen molar-refractivity contribution in [3.05, 3.63) is 71.8 Å². The summed E-state index contributed by atoms with van der Waals surface area (Å²) in [6.07, 6.45) is -0.826. The van der Waals surface area contributed by atoms with E-state index in [4.69, 9.17) is 0 Å². The third kappa shape index (κ3) is 4.48. The molecule has 0 saturated carbocycles. The quantitative estimate of drug-likeness (QED) is 0.803. The van der Waals surface area contributed by atoms with E-state index in [2.05, 4.69) is 0 Å². The van der Waals surface area contributed by atoms with Gasteiger partial charge < -0.3 is 0 Å². The molecule has 100 valence electrons. The summed E-state index contributed by atoms with van der Waals surface area (Å²) in [6, 6.07) is 19.4. The summed E-state index contributed by atoms with van der Waals surface area (Å²) in [7, 11) is 0. The minimum absolute atomic E-state index is 0.227. The van der Waals surface area contributed by atoms with Crippen molar-refractivity contribution >= 4 is 15.0 Å². The maximum atomic E-state index is 10.0. The molecule has 19 heavy (non-hydrogen) atoms. The van der Waals surface area contributed by atoms with Crippen molar-refractivity contribution in [3.8, 4) is 0 Å². The summed E-state index contributed by atoms with van der Waals surface area (Å²) in [5, 5.41) is 21.5. The van der Waals surface area contributed by atoms with Gasteiger partial charge in [-0.25, -0.2) is 0 Å². The van der Waals surface area contributed by atoms with Crippen LogP contribution in [0, 0.1) is 0 Å². The third-order valence-corrected chi connectivity index (χ3v) is 5.23. The Hall–Kier alpha value is -1.12. The Morgan fingerprint density at radius 2 is 1.05 bits per heavy atom. The number of hydrogen-bond donors (Lipinski definition) is 2. The fraction of sp³-hybridized carbons (Fsp3) is 0.250. The minimum atomic E-state index is -0.413. The van der Waals surface area contributed by atoms with Crippen LogP contribution in [0.1, 0.15) is 23.3 Å². The number of benzene rings is 2. The zero-order chi connectivity index (χ0) is 13.5. The van der Waals surface area contributed by atoms with E-state index in [1.807, 2.05) is 60.7 Å². The van der Waals surface area contributed by atoms with E-state index >= 15 is 0 Å². The first-order valence-electron chi connectivity index (χ1n) is 6.31. The van der Waals surface area contributed by atoms with E-state index in [9.17, 15) is 10.2 Å². The molecule has 2 aromatic carbocycles. The Balaban J connectivity index is 1.78. The monoisotopic (exact) mass is 322 g/mol. The number of aliphatic hydroxyl groups is 2. The number of rotatable bonds is 6. The van der Waals surface area contributed by atoms with Gasteiger partial charge in [-0.3, -0.25) is 0 Å². The van der Waals surface area contributed by atoms with Gasteiger partial charge in [0.1, 0.15) is 0 Å². The van der Waals surface area contributed by atoms with Gasteiger partial charge in [-0.1, -0.05) is 0 Å². The van der Waals surface area contributed by atoms with Crippen LogP contribution in [0.3, 0.4) is 0 Å². The van der Waals surface area contributed by atoms with Gasteiger partial charge in [0.15, 0.2) is 0 Å². The molecule has 2 N–H and O–H groups in total. The summed E-state index contributed by atoms with van der Waals surface area (Å²) in [5.41, 5.74) is 1.91. The molecule has 0 saturated heterocycles. The summed E-state index contributed by atoms with van der Waals surface area (Å²) >= 11 is 0.227. The molecule has 0 aliphatic carbocycles. The Labute approximate surface area is 120 Å². The summed E-state index contributed by atoms with van der Waals surface area (Å²) in [4.78, 5) is 0. The van der Waals surface area contributed by atoms with Crippen LogP contribution in [0.2, 0.25) is 10.6 Å². The normalized spacial score (nSPS) is 14.0. The van der Waals surface area contributed by atoms with Crippen molar-refractivity contribution in [1.29, 1.82) is 0 Å². The predicted octanol–water partition coefficient (Wildman–Crippen LogP) is 2.99. The summed E-state index contributed by atoms with van der Waals surface area (Å²) in [6.45, 7) is 0. The van der Waals surface area contributed by atoms with Crippen LogP contribution in [0.5, 0.6) is 0 Å². The molecule has 2 aromatic rings. The van der Waals surface area contributed by atoms with E-state index in [0.717, 1.165) is 21.8 Å². The average molecular weight is 321 g/mol. The van der Waals surface area contributed by atoms with Gasteiger partial charge in [-0.2, -0.15) is 0 Å². The molecular weight excluding hydrogens is 303 g/mol. The Bertz CT molecular complexity index is 427. The molecular formula is C16H18O2Se. The molecule has 2 nitrogen and oxygen atoms in total. The van der Waals surface area contributed by atoms with Crippen molar-refractivity contribution in [2.24, 2.45) is 0 Å². The molecule has 0 aromatic heterocycles. The number of hydrogen-bond acceptors (Lipinski definition) is 2. The van der Waals surface area contributed by atoms with Crippen LogP contribution in [-0.2, 0) is 0 Å². The second-order valence-electron chi connectivity index (χ2n) is 4.39. The molecule has 3 heteroatoms. The fourth-order valence-electron chi connectivity index (χ4n) is 1.83. The molecule has 0 fully saturated rings. The standard InChI is InChI=1S/C16H18O2Se/c17-15(13-7-3-1-4-8-13)11-19-12-16(18)14-9-5-2-6-10-14/h1-10,15-18H,11-12H2/t15-,16-/m1/s1. The molecule has 0 aliphatic rings. The first kappa shape index (κ1) is 14.3. The van der Waals surface area contributed by atoms with Crippen molar-refractivity contribution < 1.29 is 10.2 Å². The fourth-order valence-corrected chi connectivity index (χ4v) is 3.86. The van der Waals surface area contributed by atoms with Crippen LogP contribution >= 0.6 is 0 Å². The topological polar surface area (TPSA) is 40.5 Å². The van der Waals surface area contributed by atoms with Crippen LogP contribution in [0.15, 0.2) is 60.7 Å². The Morgan fingerprint density at radius 1 is 0.684 bits per heavy atom. The second kappa shape index (κ2) is 7.46. The Kier molecular flexibility index (Phi) is 5.61. The van der Waals surface area contributed by atoms with Gasteiger partial charge in [-0.05, 0) is 0 Å². The summed E-state index contributed by atoms with van der Waals surface area (Å²) in [5.74, 6) is 0. The van der Waals surface area contributed by atoms with E-state index in [-0.39, 0.29) is 15.0 Å². The predicted molar refractivity (Wildman–Crippen MR) is 78.2 cm³/mol. The molecule has 0 bridgehead atoms. The Morgan fingerprint density at radius 3 is 1.42 bits per heavy atom. The van der Waals surface area contributed by atoms with E-state index in [1.54, 1.807) is 0 Å². The molecule has 0 amide bonds. The maximum absolute atomic E-state index is 10.0. The molecule has 0 radical (unpaired) electrons. The first-order chi connectivity index (χ1) is 9.27. The van der Waals surface area contributed by atoms with Gasteiger partial charge in [0.2, 0.25) is 0 Å². The molecule has 0 aliphatic heterocycles. The van der Waals surface area contributed by atoms with Gasteiger partial charge in [0.05, 0.1) is 0 Å². The number of aliphatic hydroxyl groups excluding tert-OH is 2. The second-order valence-corrected chi connectivity index (χ2v) is 6.65. The van der Waals surface area contributed by atoms with Crippen molar-refractivity contribution in [3.63, 3.8) is 0 Å². The van der Waals surface area contributed by atoms with E-state index in [1.165, 1.54) is 0 Å². The molecule has 0 unspecified atom stereocenters. The van der Waals surface area contributed by atoms with Crippen LogP contribution in [0.4, 0.5) is 0 Å². The zero-order valence-electron chi connectivity index (χ0n) is 10.6. The molecule has 2 atom stereocenters. The third-order valence-electron chi connectivity index (χ3n) is 2.92. The van der Waals surface area contributed by atoms with E-state index < -0.39 is 12.2 Å². The summed E-state index contributed by atoms with van der Waals surface area (Å²) < 4.78 is 0.